The summed E-state index contributed by atoms with van der Waals surface area (Å²) in [6, 6.07) is -0.0110. The van der Waals surface area contributed by atoms with E-state index in [4.69, 9.17) is 10.5 Å². The molecule has 1 aromatic rings. The first-order chi connectivity index (χ1) is 12.1. The van der Waals surface area contributed by atoms with Crippen LogP contribution < -0.4 is 16.0 Å². The number of pyridine rings is 1. The molecule has 7 heteroatoms. The lowest BCUT2D eigenvalue weighted by Gasteiger charge is -2.39. The number of hydrogen-bond acceptors (Lipinski definition) is 6. The normalized spacial score (nSPS) is 25.7. The molecule has 0 bridgehead atoms. The highest BCUT2D eigenvalue weighted by Gasteiger charge is 2.33. The number of amides is 1. The Morgan fingerprint density at radius 1 is 1.42 bits per heavy atom. The van der Waals surface area contributed by atoms with Crippen LogP contribution in [0.5, 0.6) is 0 Å². The van der Waals surface area contributed by atoms with Crippen molar-refractivity contribution >= 4 is 17.5 Å². The van der Waals surface area contributed by atoms with Gasteiger partial charge in [0.25, 0.3) is 0 Å². The van der Waals surface area contributed by atoms with Crippen molar-refractivity contribution in [3.8, 4) is 0 Å². The highest BCUT2D eigenvalue weighted by molar-refractivity contribution is 5.73. The average Bonchev–Trinajstić information content (AvgIpc) is 2.85. The van der Waals surface area contributed by atoms with Crippen LogP contribution in [-0.4, -0.2) is 40.9 Å². The van der Waals surface area contributed by atoms with Gasteiger partial charge in [-0.05, 0) is 46.0 Å². The highest BCUT2D eigenvalue weighted by atomic mass is 16.6. The number of fused-ring (bicyclic) bond motifs is 1. The minimum absolute atomic E-state index is 0.0110. The molecule has 0 radical (unpaired) electrons. The Kier molecular flexibility index (Phi) is 5.01. The molecule has 2 aliphatic rings. The summed E-state index contributed by atoms with van der Waals surface area (Å²) in [5.74, 6) is 0.401. The standard InChI is InChI=1S/C19H30N4O3/c1-11-7-12(22-18(25)26-19(2,3)4)10-23(9-11)17-13-5-6-15(24)16(13)21-8-14(17)20/h8,11-12,15,24H,5-7,9-10,20H2,1-4H3,(H,22,25)/t11-,12+,15-/m1/s1. The Morgan fingerprint density at radius 2 is 2.15 bits per heavy atom. The van der Waals surface area contributed by atoms with Crippen molar-refractivity contribution in [2.45, 2.75) is 64.7 Å². The maximum atomic E-state index is 12.2. The third-order valence-electron chi connectivity index (χ3n) is 4.89. The SMILES string of the molecule is C[C@@H]1C[C@H](NC(=O)OC(C)(C)C)CN(c2c(N)cnc3c2CC[C@H]3O)C1. The zero-order valence-electron chi connectivity index (χ0n) is 16.1. The van der Waals surface area contributed by atoms with E-state index >= 15 is 0 Å². The van der Waals surface area contributed by atoms with Gasteiger partial charge in [0.05, 0.1) is 29.4 Å². The quantitative estimate of drug-likeness (QED) is 0.747. The topological polar surface area (TPSA) is 101 Å². The molecule has 1 aliphatic heterocycles. The van der Waals surface area contributed by atoms with Crippen molar-refractivity contribution in [3.63, 3.8) is 0 Å². The number of ether oxygens (including phenoxy) is 1. The van der Waals surface area contributed by atoms with E-state index < -0.39 is 11.7 Å². The maximum Gasteiger partial charge on any atom is 0.407 e. The van der Waals surface area contributed by atoms with Crippen LogP contribution in [0.3, 0.4) is 0 Å². The Balaban J connectivity index is 1.78. The largest absolute Gasteiger partial charge is 0.444 e. The first-order valence-electron chi connectivity index (χ1n) is 9.34. The molecule has 0 aromatic carbocycles. The molecule has 1 aromatic heterocycles. The number of alkyl carbamates (subject to hydrolysis) is 1. The zero-order valence-corrected chi connectivity index (χ0v) is 16.1. The molecular formula is C19H30N4O3. The average molecular weight is 362 g/mol. The van der Waals surface area contributed by atoms with Crippen LogP contribution in [0.2, 0.25) is 0 Å². The number of aliphatic hydroxyl groups is 1. The van der Waals surface area contributed by atoms with Crippen LogP contribution in [0.1, 0.15) is 57.9 Å². The number of aliphatic hydroxyl groups excluding tert-OH is 1. The summed E-state index contributed by atoms with van der Waals surface area (Å²) in [6.45, 7) is 9.27. The van der Waals surface area contributed by atoms with Gasteiger partial charge in [-0.25, -0.2) is 4.79 Å². The second-order valence-corrected chi connectivity index (χ2v) is 8.57. The molecular weight excluding hydrogens is 332 g/mol. The Bertz CT molecular complexity index is 686. The van der Waals surface area contributed by atoms with Crippen molar-refractivity contribution in [1.29, 1.82) is 0 Å². The second kappa shape index (κ2) is 6.95. The third kappa shape index (κ3) is 4.03. The van der Waals surface area contributed by atoms with Gasteiger partial charge in [-0.2, -0.15) is 0 Å². The van der Waals surface area contributed by atoms with Gasteiger partial charge >= 0.3 is 6.09 Å². The van der Waals surface area contributed by atoms with E-state index in [0.29, 0.717) is 24.6 Å². The summed E-state index contributed by atoms with van der Waals surface area (Å²) in [6.07, 6.45) is 3.09. The summed E-state index contributed by atoms with van der Waals surface area (Å²) in [5.41, 5.74) is 9.11. The van der Waals surface area contributed by atoms with Crippen LogP contribution >= 0.6 is 0 Å². The summed E-state index contributed by atoms with van der Waals surface area (Å²) in [5, 5.41) is 13.1. The predicted molar refractivity (Wildman–Crippen MR) is 101 cm³/mol. The Morgan fingerprint density at radius 3 is 2.85 bits per heavy atom. The summed E-state index contributed by atoms with van der Waals surface area (Å²) in [4.78, 5) is 18.7. The summed E-state index contributed by atoms with van der Waals surface area (Å²) in [7, 11) is 0. The van der Waals surface area contributed by atoms with E-state index in [0.717, 1.165) is 36.3 Å². The number of piperidine rings is 1. The minimum atomic E-state index is -0.517. The van der Waals surface area contributed by atoms with Crippen LogP contribution in [0.25, 0.3) is 0 Å². The molecule has 3 rings (SSSR count). The number of carbonyl (C=O) groups excluding carboxylic acids is 1. The van der Waals surface area contributed by atoms with E-state index in [1.807, 2.05) is 20.8 Å². The van der Waals surface area contributed by atoms with Crippen molar-refractivity contribution in [2.24, 2.45) is 5.92 Å². The van der Waals surface area contributed by atoms with Gasteiger partial charge in [0, 0.05) is 24.7 Å². The molecule has 1 aliphatic carbocycles. The number of carbonyl (C=O) groups is 1. The third-order valence-corrected chi connectivity index (χ3v) is 4.89. The molecule has 144 valence electrons. The number of hydrogen-bond donors (Lipinski definition) is 3. The van der Waals surface area contributed by atoms with Gasteiger partial charge < -0.3 is 25.8 Å². The monoisotopic (exact) mass is 362 g/mol. The predicted octanol–water partition coefficient (Wildman–Crippen LogP) is 2.38. The molecule has 2 heterocycles. The second-order valence-electron chi connectivity index (χ2n) is 8.57. The van der Waals surface area contributed by atoms with Crippen molar-refractivity contribution in [1.82, 2.24) is 10.3 Å². The fourth-order valence-electron chi connectivity index (χ4n) is 4.01. The first-order valence-corrected chi connectivity index (χ1v) is 9.34. The molecule has 1 saturated heterocycles. The maximum absolute atomic E-state index is 12.2. The van der Waals surface area contributed by atoms with Crippen molar-refractivity contribution < 1.29 is 14.6 Å². The molecule has 0 unspecified atom stereocenters. The van der Waals surface area contributed by atoms with E-state index in [2.05, 4.69) is 22.1 Å². The number of rotatable bonds is 2. The van der Waals surface area contributed by atoms with Crippen LogP contribution in [-0.2, 0) is 11.2 Å². The lowest BCUT2D eigenvalue weighted by molar-refractivity contribution is 0.0495. The molecule has 0 spiro atoms. The molecule has 7 nitrogen and oxygen atoms in total. The lowest BCUT2D eigenvalue weighted by Crippen LogP contribution is -2.51. The highest BCUT2D eigenvalue weighted by Crippen LogP contribution is 2.40. The molecule has 26 heavy (non-hydrogen) atoms. The number of nitrogens with two attached hydrogens (primary N) is 1. The smallest absolute Gasteiger partial charge is 0.407 e. The fraction of sp³-hybridized carbons (Fsp3) is 0.684. The Hall–Kier alpha value is -2.02. The number of anilines is 2. The number of nitrogen functional groups attached to an aromatic ring is 1. The van der Waals surface area contributed by atoms with Gasteiger partial charge in [-0.1, -0.05) is 6.92 Å². The molecule has 0 saturated carbocycles. The van der Waals surface area contributed by atoms with Crippen LogP contribution in [0, 0.1) is 5.92 Å². The van der Waals surface area contributed by atoms with Gasteiger partial charge in [-0.3, -0.25) is 4.98 Å². The lowest BCUT2D eigenvalue weighted by atomic mass is 9.94. The van der Waals surface area contributed by atoms with Gasteiger partial charge in [0.1, 0.15) is 5.60 Å². The Labute approximate surface area is 154 Å². The van der Waals surface area contributed by atoms with Gasteiger partial charge in [0.2, 0.25) is 0 Å². The summed E-state index contributed by atoms with van der Waals surface area (Å²) < 4.78 is 5.39. The van der Waals surface area contributed by atoms with Gasteiger partial charge in [-0.15, -0.1) is 0 Å². The summed E-state index contributed by atoms with van der Waals surface area (Å²) >= 11 is 0. The molecule has 1 fully saturated rings. The number of nitrogens with zero attached hydrogens (tertiary/aromatic N) is 2. The van der Waals surface area contributed by atoms with Crippen LogP contribution in [0.4, 0.5) is 16.2 Å². The van der Waals surface area contributed by atoms with Crippen molar-refractivity contribution in [2.75, 3.05) is 23.7 Å². The molecule has 3 atom stereocenters. The minimum Gasteiger partial charge on any atom is -0.444 e. The number of nitrogens with one attached hydrogen (secondary N) is 1. The molecule has 1 amide bonds. The zero-order chi connectivity index (χ0) is 19.1. The molecule has 4 N–H and O–H groups in total. The van der Waals surface area contributed by atoms with Gasteiger partial charge in [0.15, 0.2) is 0 Å². The van der Waals surface area contributed by atoms with E-state index in [9.17, 15) is 9.90 Å². The van der Waals surface area contributed by atoms with Crippen molar-refractivity contribution in [3.05, 3.63) is 17.5 Å². The first kappa shape index (κ1) is 18.8. The van der Waals surface area contributed by atoms with E-state index in [-0.39, 0.29) is 12.1 Å². The van der Waals surface area contributed by atoms with E-state index in [1.54, 1.807) is 6.20 Å². The van der Waals surface area contributed by atoms with E-state index in [1.165, 1.54) is 0 Å². The number of aromatic nitrogens is 1. The van der Waals surface area contributed by atoms with Crippen LogP contribution in [0.15, 0.2) is 6.20 Å². The fourth-order valence-corrected chi connectivity index (χ4v) is 4.01.